The van der Waals surface area contributed by atoms with Gasteiger partial charge in [0, 0.05) is 18.2 Å². The maximum atomic E-state index is 10.5. The summed E-state index contributed by atoms with van der Waals surface area (Å²) in [6.07, 6.45) is 4.05. The van der Waals surface area contributed by atoms with Crippen LogP contribution in [0.15, 0.2) is 36.7 Å². The Labute approximate surface area is 111 Å². The molecule has 0 radical (unpaired) electrons. The minimum Gasteiger partial charge on any atom is -0.477 e. The van der Waals surface area contributed by atoms with Gasteiger partial charge in [0.05, 0.1) is 24.7 Å². The molecule has 0 spiro atoms. The fraction of sp³-hybridized carbons (Fsp3) is 0.214. The van der Waals surface area contributed by atoms with Gasteiger partial charge >= 0.3 is 0 Å². The van der Waals surface area contributed by atoms with Crippen LogP contribution < -0.4 is 4.74 Å². The number of rotatable bonds is 4. The second-order valence-electron chi connectivity index (χ2n) is 3.42. The molecule has 5 heteroatoms. The first-order chi connectivity index (χ1) is 9.33. The highest BCUT2D eigenvalue weighted by atomic mass is 16.5. The van der Waals surface area contributed by atoms with Gasteiger partial charge in [-0.2, -0.15) is 0 Å². The topological polar surface area (TPSA) is 72.3 Å². The summed E-state index contributed by atoms with van der Waals surface area (Å²) in [5.74, 6) is 0.504. The minimum atomic E-state index is 0.504. The molecule has 5 nitrogen and oxygen atoms in total. The molecule has 1 aromatic heterocycles. The summed E-state index contributed by atoms with van der Waals surface area (Å²) in [5, 5.41) is 7.00. The van der Waals surface area contributed by atoms with Crippen LogP contribution in [0.5, 0.6) is 5.88 Å². The number of carbonyl (C=O) groups is 1. The summed E-state index contributed by atoms with van der Waals surface area (Å²) in [4.78, 5) is 18.9. The van der Waals surface area contributed by atoms with Crippen molar-refractivity contribution in [2.75, 3.05) is 13.7 Å². The van der Waals surface area contributed by atoms with E-state index in [1.807, 2.05) is 19.1 Å². The lowest BCUT2D eigenvalue weighted by Gasteiger charge is -2.04. The Balaban J connectivity index is 0.000000861. The van der Waals surface area contributed by atoms with Gasteiger partial charge in [-0.1, -0.05) is 24.3 Å². The Hall–Kier alpha value is -2.27. The molecule has 0 aliphatic heterocycles. The lowest BCUT2D eigenvalue weighted by Crippen LogP contribution is -1.96. The third kappa shape index (κ3) is 4.15. The number of carbonyl (C=O) groups excluding carboxylic acids is 1. The van der Waals surface area contributed by atoms with Crippen LogP contribution in [0.4, 0.5) is 0 Å². The molecule has 1 aromatic carbocycles. The Bertz CT molecular complexity index is 512. The van der Waals surface area contributed by atoms with Gasteiger partial charge in [0.2, 0.25) is 5.88 Å². The standard InChI is InChI=1S/C13H12N2O2.CH4O/c1-2-17-13-8-14-7-12(15-13)11-5-3-10(9-16)4-6-11;1-2/h3-9H,2H2,1H3;2H,1H3. The fourth-order valence-electron chi connectivity index (χ4n) is 1.44. The van der Waals surface area contributed by atoms with Crippen molar-refractivity contribution in [2.45, 2.75) is 6.92 Å². The van der Waals surface area contributed by atoms with E-state index >= 15 is 0 Å². The van der Waals surface area contributed by atoms with Crippen LogP contribution in [-0.2, 0) is 0 Å². The van der Waals surface area contributed by atoms with Crippen molar-refractivity contribution in [3.05, 3.63) is 42.2 Å². The number of ether oxygens (including phenoxy) is 1. The third-order valence-electron chi connectivity index (χ3n) is 2.25. The number of hydrogen-bond acceptors (Lipinski definition) is 5. The number of aliphatic hydroxyl groups excluding tert-OH is 1. The van der Waals surface area contributed by atoms with Gasteiger partial charge in [0.15, 0.2) is 0 Å². The average molecular weight is 260 g/mol. The van der Waals surface area contributed by atoms with Gasteiger partial charge in [-0.15, -0.1) is 0 Å². The number of aldehydes is 1. The molecule has 0 bridgehead atoms. The molecule has 1 heterocycles. The molecule has 2 rings (SSSR count). The second kappa shape index (κ2) is 7.94. The number of aromatic nitrogens is 2. The molecule has 1 N–H and O–H groups in total. The first-order valence-electron chi connectivity index (χ1n) is 5.78. The number of aliphatic hydroxyl groups is 1. The van der Waals surface area contributed by atoms with Crippen LogP contribution in [0.25, 0.3) is 11.3 Å². The van der Waals surface area contributed by atoms with Gasteiger partial charge in [0.25, 0.3) is 0 Å². The van der Waals surface area contributed by atoms with Crippen molar-refractivity contribution in [1.29, 1.82) is 0 Å². The zero-order valence-corrected chi connectivity index (χ0v) is 10.9. The van der Waals surface area contributed by atoms with Crippen molar-refractivity contribution >= 4 is 6.29 Å². The molecule has 0 fully saturated rings. The molecule has 0 unspecified atom stereocenters. The zero-order chi connectivity index (χ0) is 14.1. The predicted molar refractivity (Wildman–Crippen MR) is 72.2 cm³/mol. The van der Waals surface area contributed by atoms with E-state index in [4.69, 9.17) is 9.84 Å². The number of benzene rings is 1. The molecule has 0 saturated heterocycles. The summed E-state index contributed by atoms with van der Waals surface area (Å²) in [7, 11) is 1.00. The Morgan fingerprint density at radius 3 is 2.47 bits per heavy atom. The first kappa shape index (κ1) is 14.8. The van der Waals surface area contributed by atoms with Crippen molar-refractivity contribution in [3.63, 3.8) is 0 Å². The lowest BCUT2D eigenvalue weighted by molar-refractivity contribution is 0.112. The summed E-state index contributed by atoms with van der Waals surface area (Å²) >= 11 is 0. The smallest absolute Gasteiger partial charge is 0.232 e. The van der Waals surface area contributed by atoms with Crippen molar-refractivity contribution < 1.29 is 14.6 Å². The lowest BCUT2D eigenvalue weighted by atomic mass is 10.1. The van der Waals surface area contributed by atoms with Crippen LogP contribution in [0, 0.1) is 0 Å². The molecule has 19 heavy (non-hydrogen) atoms. The molecule has 0 amide bonds. The Kier molecular flexibility index (Phi) is 6.18. The normalized spacial score (nSPS) is 9.21. The summed E-state index contributed by atoms with van der Waals surface area (Å²) in [6, 6.07) is 7.17. The molecule has 0 atom stereocenters. The van der Waals surface area contributed by atoms with E-state index < -0.39 is 0 Å². The van der Waals surface area contributed by atoms with Crippen LogP contribution in [-0.4, -0.2) is 35.1 Å². The minimum absolute atomic E-state index is 0.504. The van der Waals surface area contributed by atoms with Gasteiger partial charge < -0.3 is 9.84 Å². The van der Waals surface area contributed by atoms with E-state index in [0.29, 0.717) is 18.1 Å². The quantitative estimate of drug-likeness (QED) is 0.851. The van der Waals surface area contributed by atoms with Gasteiger partial charge in [-0.3, -0.25) is 9.78 Å². The van der Waals surface area contributed by atoms with E-state index in [1.165, 1.54) is 0 Å². The van der Waals surface area contributed by atoms with Crippen molar-refractivity contribution in [2.24, 2.45) is 0 Å². The highest BCUT2D eigenvalue weighted by Crippen LogP contribution is 2.18. The predicted octanol–water partition coefficient (Wildman–Crippen LogP) is 1.96. The van der Waals surface area contributed by atoms with Crippen molar-refractivity contribution in [3.8, 4) is 17.1 Å². The maximum absolute atomic E-state index is 10.5. The summed E-state index contributed by atoms with van der Waals surface area (Å²) in [6.45, 7) is 2.45. The highest BCUT2D eigenvalue weighted by Gasteiger charge is 2.02. The second-order valence-corrected chi connectivity index (χ2v) is 3.42. The highest BCUT2D eigenvalue weighted by molar-refractivity contribution is 5.76. The van der Waals surface area contributed by atoms with E-state index in [-0.39, 0.29) is 0 Å². The van der Waals surface area contributed by atoms with E-state index in [9.17, 15) is 4.79 Å². The first-order valence-corrected chi connectivity index (χ1v) is 5.78. The van der Waals surface area contributed by atoms with Crippen LogP contribution in [0.3, 0.4) is 0 Å². The SMILES string of the molecule is CCOc1cncc(-c2ccc(C=O)cc2)n1.CO. The summed E-state index contributed by atoms with van der Waals surface area (Å²) < 4.78 is 5.28. The monoisotopic (exact) mass is 260 g/mol. The Morgan fingerprint density at radius 2 is 1.89 bits per heavy atom. The molecule has 2 aromatic rings. The molecule has 100 valence electrons. The average Bonchev–Trinajstić information content (AvgIpc) is 2.50. The molecule has 0 aliphatic rings. The fourth-order valence-corrected chi connectivity index (χ4v) is 1.44. The van der Waals surface area contributed by atoms with E-state index in [2.05, 4.69) is 9.97 Å². The van der Waals surface area contributed by atoms with Gasteiger partial charge in [-0.25, -0.2) is 4.98 Å². The van der Waals surface area contributed by atoms with Gasteiger partial charge in [0.1, 0.15) is 6.29 Å². The van der Waals surface area contributed by atoms with Crippen LogP contribution in [0.1, 0.15) is 17.3 Å². The van der Waals surface area contributed by atoms with Gasteiger partial charge in [-0.05, 0) is 6.92 Å². The number of hydrogen-bond donors (Lipinski definition) is 1. The number of nitrogens with zero attached hydrogens (tertiary/aromatic N) is 2. The molecular weight excluding hydrogens is 244 g/mol. The van der Waals surface area contributed by atoms with E-state index in [0.717, 1.165) is 24.7 Å². The van der Waals surface area contributed by atoms with E-state index in [1.54, 1.807) is 24.5 Å². The molecular formula is C14H16N2O3. The Morgan fingerprint density at radius 1 is 1.21 bits per heavy atom. The largest absolute Gasteiger partial charge is 0.477 e. The zero-order valence-electron chi connectivity index (χ0n) is 10.9. The maximum Gasteiger partial charge on any atom is 0.232 e. The van der Waals surface area contributed by atoms with Crippen LogP contribution in [0.2, 0.25) is 0 Å². The molecule has 0 aliphatic carbocycles. The molecule has 0 saturated carbocycles. The van der Waals surface area contributed by atoms with Crippen LogP contribution >= 0.6 is 0 Å². The van der Waals surface area contributed by atoms with Crippen molar-refractivity contribution in [1.82, 2.24) is 9.97 Å². The summed E-state index contributed by atoms with van der Waals surface area (Å²) in [5.41, 5.74) is 2.28. The third-order valence-corrected chi connectivity index (χ3v) is 2.25.